The molecular formula is C48H32N4O. The highest BCUT2D eigenvalue weighted by Gasteiger charge is 2.26. The van der Waals surface area contributed by atoms with Crippen LogP contribution in [0.25, 0.3) is 89.6 Å². The van der Waals surface area contributed by atoms with Crippen LogP contribution in [0.1, 0.15) is 23.7 Å². The molecular weight excluding hydrogens is 649 g/mol. The lowest BCUT2D eigenvalue weighted by Crippen LogP contribution is -2.10. The van der Waals surface area contributed by atoms with Gasteiger partial charge in [0.1, 0.15) is 22.8 Å². The maximum Gasteiger partial charge on any atom is 0.162 e. The number of para-hydroxylation sites is 1. The van der Waals surface area contributed by atoms with Crippen LogP contribution in [0, 0.1) is 17.2 Å². The molecule has 6 aromatic carbocycles. The summed E-state index contributed by atoms with van der Waals surface area (Å²) in [4.78, 5) is 10.6. The largest absolute Gasteiger partial charge is 0.456 e. The summed E-state index contributed by atoms with van der Waals surface area (Å²) in [6.07, 6.45) is 5.45. The first-order valence-corrected chi connectivity index (χ1v) is 17.9. The summed E-state index contributed by atoms with van der Waals surface area (Å²) in [7, 11) is 0. The molecule has 0 spiro atoms. The minimum absolute atomic E-state index is 0.363. The lowest BCUT2D eigenvalue weighted by molar-refractivity contribution is 0.669. The van der Waals surface area contributed by atoms with E-state index in [1.54, 1.807) is 0 Å². The lowest BCUT2D eigenvalue weighted by atomic mass is 9.94. The maximum atomic E-state index is 10.7. The fourth-order valence-electron chi connectivity index (χ4n) is 7.90. The van der Waals surface area contributed by atoms with Crippen LogP contribution in [-0.4, -0.2) is 14.5 Å². The Labute approximate surface area is 306 Å². The van der Waals surface area contributed by atoms with Gasteiger partial charge < -0.3 is 8.98 Å². The summed E-state index contributed by atoms with van der Waals surface area (Å²) in [5, 5.41) is 14.0. The monoisotopic (exact) mass is 680 g/mol. The van der Waals surface area contributed by atoms with E-state index in [-0.39, 0.29) is 0 Å². The summed E-state index contributed by atoms with van der Waals surface area (Å²) < 4.78 is 8.82. The van der Waals surface area contributed by atoms with Crippen molar-refractivity contribution in [1.29, 1.82) is 5.26 Å². The van der Waals surface area contributed by atoms with Crippen molar-refractivity contribution in [3.8, 4) is 56.8 Å². The molecule has 250 valence electrons. The molecule has 5 nitrogen and oxygen atoms in total. The number of nitriles is 1. The van der Waals surface area contributed by atoms with E-state index < -0.39 is 0 Å². The molecule has 0 saturated heterocycles. The van der Waals surface area contributed by atoms with Gasteiger partial charge in [-0.2, -0.15) is 5.26 Å². The van der Waals surface area contributed by atoms with Gasteiger partial charge in [0, 0.05) is 44.1 Å². The molecule has 0 bridgehead atoms. The van der Waals surface area contributed by atoms with Crippen molar-refractivity contribution >= 4 is 38.9 Å². The highest BCUT2D eigenvalue weighted by molar-refractivity contribution is 6.11. The SMILES string of the molecule is CC1C=Cc2c(n(-c3ccc(-c4ccccc4)cc3-c3nc(-c4ccccc4)c(C#N)c(-c4ccccc4)n3)c3cc4c(cc23)oc2ccccc24)C1. The van der Waals surface area contributed by atoms with Crippen molar-refractivity contribution in [2.24, 2.45) is 5.92 Å². The maximum absolute atomic E-state index is 10.7. The predicted octanol–water partition coefficient (Wildman–Crippen LogP) is 12.1. The van der Waals surface area contributed by atoms with Crippen LogP contribution in [-0.2, 0) is 6.42 Å². The molecule has 53 heavy (non-hydrogen) atoms. The number of allylic oxidation sites excluding steroid dienone is 1. The van der Waals surface area contributed by atoms with Crippen molar-refractivity contribution in [1.82, 2.24) is 14.5 Å². The second kappa shape index (κ2) is 12.3. The van der Waals surface area contributed by atoms with Crippen molar-refractivity contribution in [2.45, 2.75) is 13.3 Å². The van der Waals surface area contributed by atoms with Gasteiger partial charge in [-0.3, -0.25) is 0 Å². The lowest BCUT2D eigenvalue weighted by Gasteiger charge is -2.21. The molecule has 1 aliphatic rings. The summed E-state index contributed by atoms with van der Waals surface area (Å²) in [5.41, 5.74) is 12.7. The summed E-state index contributed by atoms with van der Waals surface area (Å²) >= 11 is 0. The summed E-state index contributed by atoms with van der Waals surface area (Å²) in [6, 6.07) is 52.1. The molecule has 10 rings (SSSR count). The number of rotatable bonds is 5. The van der Waals surface area contributed by atoms with Gasteiger partial charge >= 0.3 is 0 Å². The third-order valence-corrected chi connectivity index (χ3v) is 10.4. The van der Waals surface area contributed by atoms with E-state index in [4.69, 9.17) is 14.4 Å². The normalized spacial score (nSPS) is 13.8. The average Bonchev–Trinajstić information content (AvgIpc) is 3.74. The van der Waals surface area contributed by atoms with E-state index in [2.05, 4.69) is 96.4 Å². The second-order valence-electron chi connectivity index (χ2n) is 13.8. The Morgan fingerprint density at radius 1 is 0.642 bits per heavy atom. The minimum atomic E-state index is 0.363. The first-order valence-electron chi connectivity index (χ1n) is 17.9. The molecule has 9 aromatic rings. The molecule has 0 aliphatic heterocycles. The Hall–Kier alpha value is -7.03. The van der Waals surface area contributed by atoms with Crippen LogP contribution in [0.3, 0.4) is 0 Å². The highest BCUT2D eigenvalue weighted by Crippen LogP contribution is 2.43. The van der Waals surface area contributed by atoms with Gasteiger partial charge in [0.2, 0.25) is 0 Å². The van der Waals surface area contributed by atoms with Crippen molar-refractivity contribution in [2.75, 3.05) is 0 Å². The van der Waals surface area contributed by atoms with Gasteiger partial charge in [-0.05, 0) is 53.8 Å². The van der Waals surface area contributed by atoms with E-state index in [9.17, 15) is 5.26 Å². The number of aromatic nitrogens is 3. The Kier molecular flexibility index (Phi) is 7.16. The molecule has 3 aromatic heterocycles. The number of benzene rings is 6. The van der Waals surface area contributed by atoms with Crippen LogP contribution in [0.2, 0.25) is 0 Å². The van der Waals surface area contributed by atoms with E-state index in [1.165, 1.54) is 11.3 Å². The van der Waals surface area contributed by atoms with Crippen LogP contribution in [0.15, 0.2) is 156 Å². The topological polar surface area (TPSA) is 67.6 Å². The van der Waals surface area contributed by atoms with E-state index >= 15 is 0 Å². The molecule has 1 aliphatic carbocycles. The van der Waals surface area contributed by atoms with Crippen molar-refractivity contribution in [3.05, 3.63) is 168 Å². The standard InChI is InChI=1S/C48H32N4O/c1-30-21-23-35-37-28-45-38(36-19-11-12-20-44(36)53-45)27-43(37)52(42(35)25-30)41-24-22-34(31-13-5-2-6-14-31)26-39(41)48-50-46(32-15-7-3-8-16-32)40(29-49)47(51-48)33-17-9-4-10-18-33/h2-24,26-28,30H,25H2,1H3. The van der Waals surface area contributed by atoms with Crippen LogP contribution in [0.5, 0.6) is 0 Å². The predicted molar refractivity (Wildman–Crippen MR) is 215 cm³/mol. The number of fused-ring (bicyclic) bond motifs is 6. The molecule has 1 unspecified atom stereocenters. The van der Waals surface area contributed by atoms with Crippen LogP contribution < -0.4 is 0 Å². The third kappa shape index (κ3) is 5.07. The van der Waals surface area contributed by atoms with Crippen LogP contribution >= 0.6 is 0 Å². The van der Waals surface area contributed by atoms with Gasteiger partial charge in [-0.15, -0.1) is 0 Å². The minimum Gasteiger partial charge on any atom is -0.456 e. The van der Waals surface area contributed by atoms with E-state index in [0.717, 1.165) is 72.8 Å². The molecule has 0 saturated carbocycles. The zero-order valence-corrected chi connectivity index (χ0v) is 29.0. The Morgan fingerprint density at radius 3 is 1.96 bits per heavy atom. The number of nitrogens with zero attached hydrogens (tertiary/aromatic N) is 4. The molecule has 3 heterocycles. The molecule has 5 heteroatoms. The van der Waals surface area contributed by atoms with E-state index in [0.29, 0.717) is 28.7 Å². The molecule has 0 amide bonds. The third-order valence-electron chi connectivity index (χ3n) is 10.4. The molecule has 1 atom stereocenters. The Balaban J connectivity index is 1.32. The van der Waals surface area contributed by atoms with Crippen molar-refractivity contribution < 1.29 is 4.42 Å². The second-order valence-corrected chi connectivity index (χ2v) is 13.8. The van der Waals surface area contributed by atoms with E-state index in [1.807, 2.05) is 78.9 Å². The molecule has 0 radical (unpaired) electrons. The average molecular weight is 681 g/mol. The smallest absolute Gasteiger partial charge is 0.162 e. The van der Waals surface area contributed by atoms with Gasteiger partial charge in [-0.25, -0.2) is 9.97 Å². The fourth-order valence-corrected chi connectivity index (χ4v) is 7.90. The quantitative estimate of drug-likeness (QED) is 0.181. The first-order chi connectivity index (χ1) is 26.1. The van der Waals surface area contributed by atoms with Gasteiger partial charge in [0.25, 0.3) is 0 Å². The fraction of sp³-hybridized carbons (Fsp3) is 0.0625. The van der Waals surface area contributed by atoms with Gasteiger partial charge in [-0.1, -0.05) is 134 Å². The Bertz CT molecular complexity index is 2870. The van der Waals surface area contributed by atoms with Gasteiger partial charge in [0.15, 0.2) is 5.82 Å². The Morgan fingerprint density at radius 2 is 1.28 bits per heavy atom. The first kappa shape index (κ1) is 30.8. The molecule has 0 N–H and O–H groups in total. The zero-order valence-electron chi connectivity index (χ0n) is 29.0. The summed E-state index contributed by atoms with van der Waals surface area (Å²) in [5.74, 6) is 0.918. The summed E-state index contributed by atoms with van der Waals surface area (Å²) in [6.45, 7) is 2.27. The van der Waals surface area contributed by atoms with Gasteiger partial charge in [0.05, 0.1) is 22.6 Å². The number of furan rings is 1. The number of hydrogen-bond donors (Lipinski definition) is 0. The molecule has 0 fully saturated rings. The highest BCUT2D eigenvalue weighted by atomic mass is 16.3. The number of hydrogen-bond acceptors (Lipinski definition) is 4. The van der Waals surface area contributed by atoms with Crippen molar-refractivity contribution in [3.63, 3.8) is 0 Å². The van der Waals surface area contributed by atoms with Crippen LogP contribution in [0.4, 0.5) is 0 Å². The zero-order chi connectivity index (χ0) is 35.5.